The van der Waals surface area contributed by atoms with Gasteiger partial charge in [-0.2, -0.15) is 11.8 Å². The van der Waals surface area contributed by atoms with Crippen LogP contribution in [0, 0.1) is 0 Å². The van der Waals surface area contributed by atoms with E-state index in [-0.39, 0.29) is 17.1 Å². The molecule has 2 rings (SSSR count). The van der Waals surface area contributed by atoms with Crippen LogP contribution in [0.2, 0.25) is 10.0 Å². The molecule has 0 aliphatic carbocycles. The lowest BCUT2D eigenvalue weighted by Crippen LogP contribution is -2.48. The fraction of sp³-hybridized carbons (Fsp3) is 0.318. The van der Waals surface area contributed by atoms with Crippen molar-refractivity contribution in [2.45, 2.75) is 19.4 Å². The lowest BCUT2D eigenvalue weighted by molar-refractivity contribution is -0.125. The number of hydrogen-bond acceptors (Lipinski definition) is 5. The number of carbonyl (C=O) groups is 3. The topological polar surface area (TPSA) is 96.5 Å². The zero-order valence-corrected chi connectivity index (χ0v) is 20.1. The van der Waals surface area contributed by atoms with Crippen molar-refractivity contribution in [2.75, 3.05) is 30.5 Å². The van der Waals surface area contributed by atoms with Crippen LogP contribution in [0.15, 0.2) is 42.5 Å². The summed E-state index contributed by atoms with van der Waals surface area (Å²) in [5.41, 5.74) is 0.795. The summed E-state index contributed by atoms with van der Waals surface area (Å²) < 4.78 is 5.36. The van der Waals surface area contributed by atoms with E-state index in [0.29, 0.717) is 35.2 Å². The van der Waals surface area contributed by atoms with Crippen LogP contribution in [0.5, 0.6) is 5.75 Å². The van der Waals surface area contributed by atoms with Crippen LogP contribution in [0.4, 0.5) is 5.69 Å². The highest BCUT2D eigenvalue weighted by atomic mass is 35.5. The van der Waals surface area contributed by atoms with Gasteiger partial charge in [0.1, 0.15) is 11.8 Å². The predicted molar refractivity (Wildman–Crippen MR) is 130 cm³/mol. The lowest BCUT2D eigenvalue weighted by Gasteiger charge is -2.18. The maximum Gasteiger partial charge on any atom is 0.253 e. The summed E-state index contributed by atoms with van der Waals surface area (Å²) in [7, 11) is 0. The Morgan fingerprint density at radius 2 is 1.81 bits per heavy atom. The van der Waals surface area contributed by atoms with Gasteiger partial charge in [0.15, 0.2) is 0 Å². The Bertz CT molecular complexity index is 941. The molecule has 0 spiro atoms. The van der Waals surface area contributed by atoms with Crippen molar-refractivity contribution in [3.63, 3.8) is 0 Å². The van der Waals surface area contributed by atoms with Gasteiger partial charge in [-0.15, -0.1) is 0 Å². The van der Waals surface area contributed by atoms with Crippen molar-refractivity contribution in [1.82, 2.24) is 10.6 Å². The Morgan fingerprint density at radius 1 is 1.09 bits per heavy atom. The van der Waals surface area contributed by atoms with Gasteiger partial charge >= 0.3 is 0 Å². The van der Waals surface area contributed by atoms with Crippen LogP contribution < -0.4 is 20.7 Å². The molecule has 0 heterocycles. The second-order valence-corrected chi connectivity index (χ2v) is 8.48. The summed E-state index contributed by atoms with van der Waals surface area (Å²) in [5, 5.41) is 8.54. The molecule has 3 amide bonds. The molecule has 1 unspecified atom stereocenters. The lowest BCUT2D eigenvalue weighted by atomic mass is 10.1. The van der Waals surface area contributed by atoms with E-state index in [2.05, 4.69) is 16.0 Å². The summed E-state index contributed by atoms with van der Waals surface area (Å²) in [5.74, 6) is 0.00159. The molecule has 1 atom stereocenters. The highest BCUT2D eigenvalue weighted by molar-refractivity contribution is 7.98. The molecule has 10 heteroatoms. The molecule has 172 valence electrons. The number of benzene rings is 2. The van der Waals surface area contributed by atoms with Crippen molar-refractivity contribution in [3.05, 3.63) is 58.1 Å². The Kier molecular flexibility index (Phi) is 10.7. The van der Waals surface area contributed by atoms with E-state index in [9.17, 15) is 14.4 Å². The Hall–Kier alpha value is -2.42. The van der Waals surface area contributed by atoms with E-state index in [0.717, 1.165) is 0 Å². The molecule has 0 bridgehead atoms. The van der Waals surface area contributed by atoms with Gasteiger partial charge in [-0.1, -0.05) is 23.2 Å². The molecule has 0 aromatic heterocycles. The molecule has 0 saturated heterocycles. The quantitative estimate of drug-likeness (QED) is 0.435. The minimum atomic E-state index is -0.819. The summed E-state index contributed by atoms with van der Waals surface area (Å²) in [6.07, 6.45) is 2.29. The number of amides is 3. The van der Waals surface area contributed by atoms with Gasteiger partial charge in [-0.05, 0) is 67.8 Å². The van der Waals surface area contributed by atoms with Gasteiger partial charge in [0.05, 0.1) is 23.7 Å². The predicted octanol–water partition coefficient (Wildman–Crippen LogP) is 4.00. The fourth-order valence-corrected chi connectivity index (χ4v) is 3.68. The number of thioether (sulfide) groups is 1. The smallest absolute Gasteiger partial charge is 0.253 e. The number of rotatable bonds is 11. The van der Waals surface area contributed by atoms with Gasteiger partial charge < -0.3 is 20.7 Å². The Balaban J connectivity index is 1.93. The molecule has 0 saturated carbocycles. The van der Waals surface area contributed by atoms with Crippen molar-refractivity contribution in [1.29, 1.82) is 0 Å². The molecular formula is C22H25Cl2N3O4S. The molecule has 0 fully saturated rings. The van der Waals surface area contributed by atoms with Gasteiger partial charge in [0.2, 0.25) is 11.8 Å². The normalized spacial score (nSPS) is 11.4. The summed E-state index contributed by atoms with van der Waals surface area (Å²) in [6.45, 7) is 2.20. The van der Waals surface area contributed by atoms with Crippen molar-refractivity contribution >= 4 is 58.4 Å². The number of anilines is 1. The van der Waals surface area contributed by atoms with E-state index in [1.807, 2.05) is 13.2 Å². The van der Waals surface area contributed by atoms with E-state index < -0.39 is 23.8 Å². The van der Waals surface area contributed by atoms with Gasteiger partial charge in [0, 0.05) is 10.7 Å². The molecule has 2 aromatic carbocycles. The minimum absolute atomic E-state index is 0.189. The number of ether oxygens (including phenoxy) is 1. The molecule has 0 aliphatic heterocycles. The first kappa shape index (κ1) is 25.8. The first-order valence-corrected chi connectivity index (χ1v) is 12.0. The van der Waals surface area contributed by atoms with E-state index in [1.165, 1.54) is 12.1 Å². The summed E-state index contributed by atoms with van der Waals surface area (Å²) >= 11 is 13.5. The van der Waals surface area contributed by atoms with Crippen LogP contribution >= 0.6 is 35.0 Å². The monoisotopic (exact) mass is 497 g/mol. The second-order valence-electron chi connectivity index (χ2n) is 6.66. The average molecular weight is 498 g/mol. The van der Waals surface area contributed by atoms with Crippen LogP contribution in [0.25, 0.3) is 0 Å². The van der Waals surface area contributed by atoms with Crippen LogP contribution in [0.1, 0.15) is 23.7 Å². The summed E-state index contributed by atoms with van der Waals surface area (Å²) in [6, 6.07) is 10.6. The van der Waals surface area contributed by atoms with E-state index >= 15 is 0 Å². The highest BCUT2D eigenvalue weighted by Gasteiger charge is 2.22. The Labute approximate surface area is 201 Å². The molecular weight excluding hydrogens is 473 g/mol. The number of halogens is 2. The molecule has 0 radical (unpaired) electrons. The SMILES string of the molecule is CCOc1ccc(NC(=O)CNC(=O)C(CCSC)NC(=O)c2ccc(Cl)cc2Cl)cc1. The third kappa shape index (κ3) is 8.26. The van der Waals surface area contributed by atoms with Crippen molar-refractivity contribution in [2.24, 2.45) is 0 Å². The van der Waals surface area contributed by atoms with Crippen LogP contribution in [-0.2, 0) is 9.59 Å². The van der Waals surface area contributed by atoms with Gasteiger partial charge in [-0.25, -0.2) is 0 Å². The average Bonchev–Trinajstić information content (AvgIpc) is 2.76. The number of nitrogens with one attached hydrogen (secondary N) is 3. The zero-order chi connectivity index (χ0) is 23.5. The van der Waals surface area contributed by atoms with E-state index in [4.69, 9.17) is 27.9 Å². The highest BCUT2D eigenvalue weighted by Crippen LogP contribution is 2.21. The van der Waals surface area contributed by atoms with E-state index in [1.54, 1.807) is 42.1 Å². The zero-order valence-electron chi connectivity index (χ0n) is 17.7. The van der Waals surface area contributed by atoms with Crippen molar-refractivity contribution in [3.8, 4) is 5.75 Å². The molecule has 2 aromatic rings. The maximum absolute atomic E-state index is 12.6. The standard InChI is InChI=1S/C22H25Cl2N3O4S/c1-3-31-16-7-5-15(6-8-16)26-20(28)13-25-22(30)19(10-11-32-2)27-21(29)17-9-4-14(23)12-18(17)24/h4-9,12,19H,3,10-11,13H2,1-2H3,(H,25,30)(H,26,28)(H,27,29). The number of carbonyl (C=O) groups excluding carboxylic acids is 3. The van der Waals surface area contributed by atoms with Gasteiger partial charge in [-0.3, -0.25) is 14.4 Å². The molecule has 7 nitrogen and oxygen atoms in total. The minimum Gasteiger partial charge on any atom is -0.494 e. The molecule has 0 aliphatic rings. The summed E-state index contributed by atoms with van der Waals surface area (Å²) in [4.78, 5) is 37.4. The third-order valence-corrected chi connectivity index (χ3v) is 5.47. The Morgan fingerprint density at radius 3 is 2.44 bits per heavy atom. The van der Waals surface area contributed by atoms with Crippen molar-refractivity contribution < 1.29 is 19.1 Å². The fourth-order valence-electron chi connectivity index (χ4n) is 2.71. The van der Waals surface area contributed by atoms with Crippen LogP contribution in [-0.4, -0.2) is 48.9 Å². The largest absolute Gasteiger partial charge is 0.494 e. The molecule has 32 heavy (non-hydrogen) atoms. The maximum atomic E-state index is 12.6. The third-order valence-electron chi connectivity index (χ3n) is 4.28. The molecule has 3 N–H and O–H groups in total. The second kappa shape index (κ2) is 13.2. The number of hydrogen-bond donors (Lipinski definition) is 3. The first-order chi connectivity index (χ1) is 15.3. The van der Waals surface area contributed by atoms with Gasteiger partial charge in [0.25, 0.3) is 5.91 Å². The van der Waals surface area contributed by atoms with Crippen LogP contribution in [0.3, 0.4) is 0 Å². The first-order valence-electron chi connectivity index (χ1n) is 9.89.